The first-order chi connectivity index (χ1) is 9.29. The summed E-state index contributed by atoms with van der Waals surface area (Å²) in [5, 5.41) is 0. The lowest BCUT2D eigenvalue weighted by Gasteiger charge is -2.32. The first kappa shape index (κ1) is 12.4. The van der Waals surface area contributed by atoms with Gasteiger partial charge in [0.15, 0.2) is 0 Å². The summed E-state index contributed by atoms with van der Waals surface area (Å²) in [7, 11) is 0. The van der Waals surface area contributed by atoms with Crippen molar-refractivity contribution >= 4 is 5.91 Å². The molecular weight excluding hydrogens is 240 g/mol. The molecule has 0 unspecified atom stereocenters. The van der Waals surface area contributed by atoms with Crippen molar-refractivity contribution in [1.82, 2.24) is 19.4 Å². The Kier molecular flexibility index (Phi) is 3.38. The van der Waals surface area contributed by atoms with Crippen molar-refractivity contribution in [3.63, 3.8) is 0 Å². The van der Waals surface area contributed by atoms with Crippen LogP contribution < -0.4 is 0 Å². The first-order valence-corrected chi connectivity index (χ1v) is 6.92. The normalized spacial score (nSPS) is 23.4. The summed E-state index contributed by atoms with van der Waals surface area (Å²) in [4.78, 5) is 21.0. The van der Waals surface area contributed by atoms with Crippen molar-refractivity contribution in [2.75, 3.05) is 19.6 Å². The van der Waals surface area contributed by atoms with Gasteiger partial charge in [-0.2, -0.15) is 0 Å². The fourth-order valence-electron chi connectivity index (χ4n) is 3.07. The molecule has 0 spiro atoms. The van der Waals surface area contributed by atoms with Crippen LogP contribution in [0, 0.1) is 0 Å². The SMILES string of the molecule is C=CCN1CCC[C@H]1C(=O)N1CCn2cncc2C1. The van der Waals surface area contributed by atoms with Crippen LogP contribution in [0.5, 0.6) is 0 Å². The molecule has 2 aliphatic heterocycles. The molecule has 0 aromatic carbocycles. The molecule has 0 N–H and O–H groups in total. The van der Waals surface area contributed by atoms with E-state index in [0.717, 1.165) is 44.7 Å². The van der Waals surface area contributed by atoms with Crippen molar-refractivity contribution in [3.8, 4) is 0 Å². The van der Waals surface area contributed by atoms with Gasteiger partial charge in [-0.05, 0) is 19.4 Å². The molecule has 5 heteroatoms. The summed E-state index contributed by atoms with van der Waals surface area (Å²) in [6.45, 7) is 7.93. The van der Waals surface area contributed by atoms with E-state index in [4.69, 9.17) is 0 Å². The monoisotopic (exact) mass is 260 g/mol. The van der Waals surface area contributed by atoms with Gasteiger partial charge in [-0.3, -0.25) is 9.69 Å². The predicted octanol–water partition coefficient (Wildman–Crippen LogP) is 0.876. The van der Waals surface area contributed by atoms with E-state index in [0.29, 0.717) is 6.54 Å². The minimum Gasteiger partial charge on any atom is -0.334 e. The molecule has 1 amide bonds. The second kappa shape index (κ2) is 5.17. The highest BCUT2D eigenvalue weighted by molar-refractivity contribution is 5.82. The maximum atomic E-state index is 12.6. The third-order valence-corrected chi connectivity index (χ3v) is 4.09. The molecule has 0 aliphatic carbocycles. The van der Waals surface area contributed by atoms with Crippen molar-refractivity contribution in [2.24, 2.45) is 0 Å². The van der Waals surface area contributed by atoms with Crippen molar-refractivity contribution in [1.29, 1.82) is 0 Å². The molecule has 3 rings (SSSR count). The zero-order chi connectivity index (χ0) is 13.2. The Bertz CT molecular complexity index is 482. The third-order valence-electron chi connectivity index (χ3n) is 4.09. The highest BCUT2D eigenvalue weighted by Crippen LogP contribution is 2.21. The fraction of sp³-hybridized carbons (Fsp3) is 0.571. The molecule has 1 fully saturated rings. The van der Waals surface area contributed by atoms with Gasteiger partial charge in [0.25, 0.3) is 0 Å². The number of nitrogens with zero attached hydrogens (tertiary/aromatic N) is 4. The van der Waals surface area contributed by atoms with Crippen LogP contribution in [0.25, 0.3) is 0 Å². The molecule has 5 nitrogen and oxygen atoms in total. The molecule has 19 heavy (non-hydrogen) atoms. The van der Waals surface area contributed by atoms with E-state index >= 15 is 0 Å². The number of amides is 1. The van der Waals surface area contributed by atoms with Crippen LogP contribution in [0.4, 0.5) is 0 Å². The maximum Gasteiger partial charge on any atom is 0.240 e. The average Bonchev–Trinajstić information content (AvgIpc) is 3.05. The Morgan fingerprint density at radius 1 is 1.47 bits per heavy atom. The van der Waals surface area contributed by atoms with Gasteiger partial charge in [0.2, 0.25) is 5.91 Å². The maximum absolute atomic E-state index is 12.6. The Labute approximate surface area is 113 Å². The van der Waals surface area contributed by atoms with Gasteiger partial charge in [0.1, 0.15) is 0 Å². The molecule has 3 heterocycles. The number of hydrogen-bond acceptors (Lipinski definition) is 3. The first-order valence-electron chi connectivity index (χ1n) is 6.92. The smallest absolute Gasteiger partial charge is 0.240 e. The van der Waals surface area contributed by atoms with Gasteiger partial charge in [0.05, 0.1) is 24.6 Å². The topological polar surface area (TPSA) is 41.4 Å². The number of carbonyl (C=O) groups is 1. The Hall–Kier alpha value is -1.62. The summed E-state index contributed by atoms with van der Waals surface area (Å²) < 4.78 is 2.12. The van der Waals surface area contributed by atoms with Crippen LogP contribution >= 0.6 is 0 Å². The Morgan fingerprint density at radius 2 is 2.37 bits per heavy atom. The second-order valence-electron chi connectivity index (χ2n) is 5.28. The molecule has 0 saturated carbocycles. The zero-order valence-corrected chi connectivity index (χ0v) is 11.2. The molecular formula is C14H20N4O. The van der Waals surface area contributed by atoms with E-state index in [-0.39, 0.29) is 11.9 Å². The minimum atomic E-state index is 0.0486. The number of fused-ring (bicyclic) bond motifs is 1. The van der Waals surface area contributed by atoms with E-state index in [1.54, 1.807) is 0 Å². The lowest BCUT2D eigenvalue weighted by Crippen LogP contribution is -2.48. The van der Waals surface area contributed by atoms with Crippen LogP contribution in [0.2, 0.25) is 0 Å². The summed E-state index contributed by atoms with van der Waals surface area (Å²) in [6, 6.07) is 0.0486. The van der Waals surface area contributed by atoms with Gasteiger partial charge >= 0.3 is 0 Å². The Balaban J connectivity index is 1.69. The summed E-state index contributed by atoms with van der Waals surface area (Å²) in [5.41, 5.74) is 1.13. The Morgan fingerprint density at radius 3 is 3.21 bits per heavy atom. The van der Waals surface area contributed by atoms with Crippen LogP contribution in [-0.2, 0) is 17.9 Å². The molecule has 1 saturated heterocycles. The second-order valence-corrected chi connectivity index (χ2v) is 5.28. The molecule has 2 aliphatic rings. The van der Waals surface area contributed by atoms with Gasteiger partial charge < -0.3 is 9.47 Å². The van der Waals surface area contributed by atoms with E-state index < -0.39 is 0 Å². The summed E-state index contributed by atoms with van der Waals surface area (Å²) in [5.74, 6) is 0.270. The van der Waals surface area contributed by atoms with Crippen LogP contribution in [0.1, 0.15) is 18.5 Å². The van der Waals surface area contributed by atoms with Crippen molar-refractivity contribution in [3.05, 3.63) is 30.9 Å². The number of imidazole rings is 1. The van der Waals surface area contributed by atoms with E-state index in [9.17, 15) is 4.79 Å². The van der Waals surface area contributed by atoms with Crippen LogP contribution in [0.3, 0.4) is 0 Å². The highest BCUT2D eigenvalue weighted by atomic mass is 16.2. The lowest BCUT2D eigenvalue weighted by molar-refractivity contribution is -0.137. The van der Waals surface area contributed by atoms with Gasteiger partial charge in [-0.15, -0.1) is 6.58 Å². The number of likely N-dealkylation sites (tertiary alicyclic amines) is 1. The van der Waals surface area contributed by atoms with Crippen LogP contribution in [-0.4, -0.2) is 50.9 Å². The van der Waals surface area contributed by atoms with Gasteiger partial charge in [-0.25, -0.2) is 4.98 Å². The number of rotatable bonds is 3. The van der Waals surface area contributed by atoms with Crippen molar-refractivity contribution < 1.29 is 4.79 Å². The summed E-state index contributed by atoms with van der Waals surface area (Å²) in [6.07, 6.45) is 7.67. The van der Waals surface area contributed by atoms with Crippen LogP contribution in [0.15, 0.2) is 25.2 Å². The van der Waals surface area contributed by atoms with Gasteiger partial charge in [0, 0.05) is 25.8 Å². The number of carbonyl (C=O) groups excluding carboxylic acids is 1. The predicted molar refractivity (Wildman–Crippen MR) is 72.4 cm³/mol. The van der Waals surface area contributed by atoms with E-state index in [2.05, 4.69) is 21.0 Å². The van der Waals surface area contributed by atoms with Crippen molar-refractivity contribution in [2.45, 2.75) is 32.0 Å². The highest BCUT2D eigenvalue weighted by Gasteiger charge is 2.34. The summed E-state index contributed by atoms with van der Waals surface area (Å²) >= 11 is 0. The quantitative estimate of drug-likeness (QED) is 0.757. The largest absolute Gasteiger partial charge is 0.334 e. The van der Waals surface area contributed by atoms with E-state index in [1.165, 1.54) is 0 Å². The average molecular weight is 260 g/mol. The molecule has 102 valence electrons. The van der Waals surface area contributed by atoms with Gasteiger partial charge in [-0.1, -0.05) is 6.08 Å². The molecule has 0 radical (unpaired) electrons. The van der Waals surface area contributed by atoms with E-state index in [1.807, 2.05) is 23.5 Å². The number of aromatic nitrogens is 2. The third kappa shape index (κ3) is 2.30. The lowest BCUT2D eigenvalue weighted by atomic mass is 10.1. The minimum absolute atomic E-state index is 0.0486. The number of hydrogen-bond donors (Lipinski definition) is 0. The molecule has 0 bridgehead atoms. The molecule has 1 aromatic heterocycles. The standard InChI is InChI=1S/C14H20N4O/c1-2-5-16-6-3-4-13(16)14(19)17-7-8-18-11-15-9-12(18)10-17/h2,9,11,13H,1,3-8,10H2/t13-/m0/s1. The molecule has 1 aromatic rings. The zero-order valence-electron chi connectivity index (χ0n) is 11.2. The molecule has 1 atom stereocenters. The fourth-order valence-corrected chi connectivity index (χ4v) is 3.07.